The van der Waals surface area contributed by atoms with Crippen molar-refractivity contribution in [1.82, 2.24) is 10.6 Å². The number of fused-ring (bicyclic) bond motifs is 2. The summed E-state index contributed by atoms with van der Waals surface area (Å²) in [6.45, 7) is 1.79. The highest BCUT2D eigenvalue weighted by Crippen LogP contribution is 2.32. The fourth-order valence-electron chi connectivity index (χ4n) is 3.83. The number of hydrogen-bond acceptors (Lipinski definition) is 5. The van der Waals surface area contributed by atoms with E-state index in [1.54, 1.807) is 31.2 Å². The van der Waals surface area contributed by atoms with Gasteiger partial charge in [0.1, 0.15) is 5.76 Å². The normalized spacial score (nSPS) is 24.4. The van der Waals surface area contributed by atoms with Crippen molar-refractivity contribution in [2.75, 3.05) is 0 Å². The van der Waals surface area contributed by atoms with Gasteiger partial charge in [0.2, 0.25) is 0 Å². The van der Waals surface area contributed by atoms with Crippen LogP contribution in [0.5, 0.6) is 0 Å². The molecule has 2 aliphatic rings. The molecule has 4 rings (SSSR count). The van der Waals surface area contributed by atoms with Crippen molar-refractivity contribution in [3.05, 3.63) is 51.8 Å². The number of benzene rings is 1. The summed E-state index contributed by atoms with van der Waals surface area (Å²) < 4.78 is 5.62. The Morgan fingerprint density at radius 3 is 2.84 bits per heavy atom. The average molecular weight is 341 g/mol. The number of carbonyl (C=O) groups excluding carboxylic acids is 1. The van der Waals surface area contributed by atoms with Crippen molar-refractivity contribution >= 4 is 11.6 Å². The number of nitro benzene ring substituents is 1. The molecule has 3 heterocycles. The minimum absolute atomic E-state index is 0.0291. The molecule has 0 spiro atoms. The molecule has 2 aliphatic heterocycles. The standard InChI is InChI=1S/C18H19N3O4/c1-10-2-4-12(15(8-10)21(23)24)16-6-7-17(25-16)18(22)20-14-9-11-3-5-13(14)19-11/h2,4,6-8,11,13-14,19H,3,5,9H2,1H3,(H,20,22)/t11-,13+,14-/m1/s1. The van der Waals surface area contributed by atoms with Gasteiger partial charge in [0.25, 0.3) is 11.6 Å². The van der Waals surface area contributed by atoms with Crippen molar-refractivity contribution in [2.24, 2.45) is 0 Å². The lowest BCUT2D eigenvalue weighted by Gasteiger charge is -2.20. The Labute approximate surface area is 144 Å². The number of nitrogens with zero attached hydrogens (tertiary/aromatic N) is 1. The number of nitro groups is 1. The second-order valence-corrected chi connectivity index (χ2v) is 6.80. The van der Waals surface area contributed by atoms with Gasteiger partial charge in [0.15, 0.2) is 5.76 Å². The average Bonchev–Trinajstić information content (AvgIpc) is 3.31. The lowest BCUT2D eigenvalue weighted by molar-refractivity contribution is -0.384. The highest BCUT2D eigenvalue weighted by molar-refractivity contribution is 5.92. The molecular weight excluding hydrogens is 322 g/mol. The Morgan fingerprint density at radius 1 is 1.32 bits per heavy atom. The molecule has 0 unspecified atom stereocenters. The van der Waals surface area contributed by atoms with Crippen molar-refractivity contribution in [2.45, 2.75) is 44.3 Å². The van der Waals surface area contributed by atoms with E-state index in [4.69, 9.17) is 4.42 Å². The highest BCUT2D eigenvalue weighted by Gasteiger charge is 2.40. The van der Waals surface area contributed by atoms with Gasteiger partial charge in [-0.3, -0.25) is 14.9 Å². The van der Waals surface area contributed by atoms with Crippen LogP contribution in [0.4, 0.5) is 5.69 Å². The third-order valence-electron chi connectivity index (χ3n) is 5.06. The molecule has 130 valence electrons. The van der Waals surface area contributed by atoms with E-state index in [-0.39, 0.29) is 23.4 Å². The molecule has 2 aromatic rings. The number of hydrogen-bond donors (Lipinski definition) is 2. The summed E-state index contributed by atoms with van der Waals surface area (Å²) in [6, 6.07) is 9.05. The van der Waals surface area contributed by atoms with Gasteiger partial charge in [-0.2, -0.15) is 0 Å². The van der Waals surface area contributed by atoms with E-state index in [1.807, 2.05) is 0 Å². The van der Waals surface area contributed by atoms with Crippen molar-refractivity contribution in [1.29, 1.82) is 0 Å². The molecule has 1 aromatic heterocycles. The fourth-order valence-corrected chi connectivity index (χ4v) is 3.83. The Hall–Kier alpha value is -2.67. The largest absolute Gasteiger partial charge is 0.451 e. The molecule has 0 aliphatic carbocycles. The second kappa shape index (κ2) is 6.00. The van der Waals surface area contributed by atoms with Crippen molar-refractivity contribution in [3.8, 4) is 11.3 Å². The summed E-state index contributed by atoms with van der Waals surface area (Å²) in [5.74, 6) is 0.218. The SMILES string of the molecule is Cc1ccc(-c2ccc(C(=O)N[C@@H]3C[C@H]4CC[C@@H]3N4)o2)c([N+](=O)[O-])c1. The molecule has 2 fully saturated rings. The molecule has 2 bridgehead atoms. The van der Waals surface area contributed by atoms with Crippen molar-refractivity contribution in [3.63, 3.8) is 0 Å². The zero-order chi connectivity index (χ0) is 17.6. The van der Waals surface area contributed by atoms with Gasteiger partial charge in [-0.25, -0.2) is 0 Å². The maximum Gasteiger partial charge on any atom is 0.287 e. The predicted molar refractivity (Wildman–Crippen MR) is 91.4 cm³/mol. The molecule has 25 heavy (non-hydrogen) atoms. The Kier molecular flexibility index (Phi) is 3.80. The molecule has 2 N–H and O–H groups in total. The van der Waals surface area contributed by atoms with Crippen LogP contribution >= 0.6 is 0 Å². The van der Waals surface area contributed by atoms with Crippen LogP contribution < -0.4 is 10.6 Å². The summed E-state index contributed by atoms with van der Waals surface area (Å²) in [5.41, 5.74) is 1.14. The maximum absolute atomic E-state index is 12.4. The van der Waals surface area contributed by atoms with E-state index >= 15 is 0 Å². The topological polar surface area (TPSA) is 97.4 Å². The molecular formula is C18H19N3O4. The van der Waals surface area contributed by atoms with Crippen LogP contribution in [0.1, 0.15) is 35.4 Å². The number of aryl methyl sites for hydroxylation is 1. The quantitative estimate of drug-likeness (QED) is 0.658. The summed E-state index contributed by atoms with van der Waals surface area (Å²) in [4.78, 5) is 23.3. The number of furan rings is 1. The van der Waals surface area contributed by atoms with E-state index in [1.165, 1.54) is 12.5 Å². The molecule has 7 heteroatoms. The van der Waals surface area contributed by atoms with Gasteiger partial charge in [-0.05, 0) is 49.9 Å². The van der Waals surface area contributed by atoms with Crippen molar-refractivity contribution < 1.29 is 14.1 Å². The molecule has 1 aromatic carbocycles. The Morgan fingerprint density at radius 2 is 2.16 bits per heavy atom. The smallest absolute Gasteiger partial charge is 0.287 e. The van der Waals surface area contributed by atoms with E-state index in [2.05, 4.69) is 10.6 Å². The summed E-state index contributed by atoms with van der Waals surface area (Å²) >= 11 is 0. The third-order valence-corrected chi connectivity index (χ3v) is 5.06. The number of carbonyl (C=O) groups is 1. The monoisotopic (exact) mass is 341 g/mol. The lowest BCUT2D eigenvalue weighted by atomic mass is 9.95. The predicted octanol–water partition coefficient (Wildman–Crippen LogP) is 2.79. The minimum Gasteiger partial charge on any atom is -0.451 e. The molecule has 0 saturated carbocycles. The van der Waals surface area contributed by atoms with Crippen LogP contribution in [0.25, 0.3) is 11.3 Å². The second-order valence-electron chi connectivity index (χ2n) is 6.80. The summed E-state index contributed by atoms with van der Waals surface area (Å²) in [6.07, 6.45) is 3.18. The zero-order valence-electron chi connectivity index (χ0n) is 13.8. The van der Waals surface area contributed by atoms with E-state index < -0.39 is 4.92 Å². The molecule has 3 atom stereocenters. The van der Waals surface area contributed by atoms with E-state index in [0.29, 0.717) is 23.4 Å². The minimum atomic E-state index is -0.439. The van der Waals surface area contributed by atoms with Crippen LogP contribution in [0.2, 0.25) is 0 Å². The number of rotatable bonds is 4. The first-order valence-corrected chi connectivity index (χ1v) is 8.43. The number of nitrogens with one attached hydrogen (secondary N) is 2. The highest BCUT2D eigenvalue weighted by atomic mass is 16.6. The van der Waals surface area contributed by atoms with E-state index in [9.17, 15) is 14.9 Å². The first kappa shape index (κ1) is 15.8. The van der Waals surface area contributed by atoms with Crippen LogP contribution in [0.15, 0.2) is 34.7 Å². The Balaban J connectivity index is 1.54. The fraction of sp³-hybridized carbons (Fsp3) is 0.389. The number of amides is 1. The van der Waals surface area contributed by atoms with Crippen LogP contribution in [-0.2, 0) is 0 Å². The molecule has 0 radical (unpaired) electrons. The van der Waals surface area contributed by atoms with Gasteiger partial charge < -0.3 is 15.1 Å². The summed E-state index contributed by atoms with van der Waals surface area (Å²) in [7, 11) is 0. The molecule has 7 nitrogen and oxygen atoms in total. The van der Waals surface area contributed by atoms with Gasteiger partial charge in [0.05, 0.1) is 10.5 Å². The third kappa shape index (κ3) is 2.91. The first-order chi connectivity index (χ1) is 12.0. The van der Waals surface area contributed by atoms with Crippen LogP contribution in [0, 0.1) is 17.0 Å². The maximum atomic E-state index is 12.4. The van der Waals surface area contributed by atoms with Crippen LogP contribution in [-0.4, -0.2) is 29.0 Å². The zero-order valence-corrected chi connectivity index (χ0v) is 13.8. The Bertz CT molecular complexity index is 845. The first-order valence-electron chi connectivity index (χ1n) is 8.43. The van der Waals surface area contributed by atoms with Gasteiger partial charge in [0, 0.05) is 24.2 Å². The lowest BCUT2D eigenvalue weighted by Crippen LogP contribution is -2.42. The summed E-state index contributed by atoms with van der Waals surface area (Å²) in [5, 5.41) is 17.7. The van der Waals surface area contributed by atoms with Crippen LogP contribution in [0.3, 0.4) is 0 Å². The van der Waals surface area contributed by atoms with Gasteiger partial charge >= 0.3 is 0 Å². The van der Waals surface area contributed by atoms with Gasteiger partial charge in [-0.15, -0.1) is 0 Å². The van der Waals surface area contributed by atoms with Gasteiger partial charge in [-0.1, -0.05) is 6.07 Å². The molecule has 1 amide bonds. The molecule has 2 saturated heterocycles. The van der Waals surface area contributed by atoms with E-state index in [0.717, 1.165) is 18.4 Å².